The van der Waals surface area contributed by atoms with Crippen LogP contribution in [0.25, 0.3) is 0 Å². The van der Waals surface area contributed by atoms with Crippen LogP contribution in [-0.4, -0.2) is 12.2 Å². The molecule has 0 rings (SSSR count). The van der Waals surface area contributed by atoms with Gasteiger partial charge in [0.05, 0.1) is 0 Å². The molecule has 0 aromatic rings. The van der Waals surface area contributed by atoms with E-state index < -0.39 is 0 Å². The minimum absolute atomic E-state index is 0.771. The van der Waals surface area contributed by atoms with Gasteiger partial charge in [-0.2, -0.15) is 0 Å². The summed E-state index contributed by atoms with van der Waals surface area (Å²) < 4.78 is 6.44. The van der Waals surface area contributed by atoms with Gasteiger partial charge in [-0.15, -0.1) is 0 Å². The van der Waals surface area contributed by atoms with E-state index in [4.69, 9.17) is 0 Å². The van der Waals surface area contributed by atoms with Gasteiger partial charge in [0, 0.05) is 0 Å². The van der Waals surface area contributed by atoms with Crippen molar-refractivity contribution in [2.24, 2.45) is 5.92 Å². The van der Waals surface area contributed by atoms with Gasteiger partial charge in [-0.3, -0.25) is 0 Å². The normalized spacial score (nSPS) is 8.25. The second kappa shape index (κ2) is 12.1. The van der Waals surface area contributed by atoms with Crippen LogP contribution in [0.1, 0.15) is 20.3 Å². The molecule has 0 radical (unpaired) electrons. The number of hydrogen-bond acceptors (Lipinski definition) is 0. The summed E-state index contributed by atoms with van der Waals surface area (Å²) in [6, 6.07) is 0. The molecule has 0 aliphatic carbocycles. The minimum atomic E-state index is 0.771. The Kier molecular flexibility index (Phi) is 17.6. The molecule has 0 saturated carbocycles. The van der Waals surface area contributed by atoms with Crippen LogP contribution in [0.15, 0.2) is 0 Å². The van der Waals surface area contributed by atoms with E-state index in [9.17, 15) is 0 Å². The van der Waals surface area contributed by atoms with Crippen molar-refractivity contribution in [2.75, 3.05) is 0 Å². The monoisotopic (exact) mass is 1010 g/mol. The van der Waals surface area contributed by atoms with E-state index in [2.05, 4.69) is 18.2 Å². The number of rotatable bonds is 4. The second-order valence-electron chi connectivity index (χ2n) is 2.32. The van der Waals surface area contributed by atoms with Gasteiger partial charge >= 0.3 is 129 Å². The molecule has 0 N–H and O–H groups in total. The third-order valence-corrected chi connectivity index (χ3v) is 7.09. The molecule has 0 aliphatic heterocycles. The van der Waals surface area contributed by atoms with Crippen molar-refractivity contribution in [3.05, 3.63) is 0 Å². The molecule has 68 valence electrons. The van der Waals surface area contributed by atoms with Gasteiger partial charge in [-0.1, -0.05) is 0 Å². The molecule has 0 saturated heterocycles. The summed E-state index contributed by atoms with van der Waals surface area (Å²) >= 11 is 8.03. The van der Waals surface area contributed by atoms with Crippen molar-refractivity contribution in [1.82, 2.24) is 0 Å². The van der Waals surface area contributed by atoms with E-state index in [-0.39, 0.29) is 0 Å². The van der Waals surface area contributed by atoms with Crippen molar-refractivity contribution >= 4 is 12.2 Å². The Balaban J connectivity index is 0. The van der Waals surface area contributed by atoms with Gasteiger partial charge in [-0.05, 0) is 0 Å². The summed E-state index contributed by atoms with van der Waals surface area (Å²) in [6.45, 7) is 4.54. The average Bonchev–Trinajstić information content (AvgIpc) is 2.07. The fraction of sp³-hybridized carbons (Fsp3) is 0.571. The van der Waals surface area contributed by atoms with Crippen LogP contribution >= 0.6 is 0 Å². The van der Waals surface area contributed by atoms with Crippen molar-refractivity contribution in [3.8, 4) is 0 Å². The van der Waals surface area contributed by atoms with Crippen molar-refractivity contribution in [3.63, 3.8) is 0 Å². The van der Waals surface area contributed by atoms with Crippen LogP contribution in [0.5, 0.6) is 0 Å². The molecule has 0 aromatic heterocycles. The summed E-state index contributed by atoms with van der Waals surface area (Å²) in [5.74, 6) is 0.771. The van der Waals surface area contributed by atoms with Crippen LogP contribution in [0.2, 0.25) is 0 Å². The maximum absolute atomic E-state index is 3.28. The Morgan fingerprint density at radius 2 is 1.67 bits per heavy atom. The van der Waals surface area contributed by atoms with E-state index in [1.54, 1.807) is 75.0 Å². The summed E-state index contributed by atoms with van der Waals surface area (Å²) in [7, 11) is 0. The van der Waals surface area contributed by atoms with E-state index in [0.29, 0.717) is 0 Å². The molecule has 0 heterocycles. The van der Waals surface area contributed by atoms with Crippen LogP contribution in [0.4, 0.5) is 0 Å². The Morgan fingerprint density at radius 1 is 1.25 bits per heavy atom. The van der Waals surface area contributed by atoms with Crippen molar-refractivity contribution in [1.29, 1.82) is 0 Å². The van der Waals surface area contributed by atoms with Gasteiger partial charge in [0.1, 0.15) is 0 Å². The maximum atomic E-state index is 3.28. The van der Waals surface area contributed by atoms with Gasteiger partial charge in [-0.25, -0.2) is 0 Å². The first-order chi connectivity index (χ1) is 5.57. The van der Waals surface area contributed by atoms with Crippen LogP contribution in [-0.2, 0) is 90.5 Å². The molecule has 0 aromatic carbocycles. The molecule has 0 spiro atoms. The molecular formula is C7H9W5-. The average molecular weight is 1010 g/mol. The number of hydrogen-bond donors (Lipinski definition) is 0. The zero-order valence-electron chi connectivity index (χ0n) is 6.83. The Labute approximate surface area is 126 Å². The summed E-state index contributed by atoms with van der Waals surface area (Å²) in [6.07, 6.45) is 1.21. The molecule has 0 atom stereocenters. The first-order valence-corrected chi connectivity index (χ1v) is 18.6. The predicted octanol–water partition coefficient (Wildman–Crippen LogP) is 0.692. The molecule has 0 amide bonds. The molecule has 0 nitrogen and oxygen atoms in total. The second-order valence-corrected chi connectivity index (χ2v) is 6.71. The third-order valence-electron chi connectivity index (χ3n) is 1.09. The molecular weight excluding hydrogens is 1000 g/mol. The van der Waals surface area contributed by atoms with Crippen molar-refractivity contribution in [2.45, 2.75) is 20.3 Å². The van der Waals surface area contributed by atoms with Crippen LogP contribution < -0.4 is 0 Å². The fourth-order valence-corrected chi connectivity index (χ4v) is 3.16. The van der Waals surface area contributed by atoms with Gasteiger partial charge in [0.25, 0.3) is 0 Å². The van der Waals surface area contributed by atoms with E-state index in [1.165, 1.54) is 29.7 Å². The molecule has 0 fully saturated rings. The summed E-state index contributed by atoms with van der Waals surface area (Å²) in [5, 5.41) is 0. The topological polar surface area (TPSA) is 0 Å². The third kappa shape index (κ3) is 11.1. The van der Waals surface area contributed by atoms with Crippen LogP contribution in [0.3, 0.4) is 0 Å². The molecule has 5 heteroatoms. The van der Waals surface area contributed by atoms with Crippen molar-refractivity contribution < 1.29 is 90.5 Å². The predicted molar refractivity (Wildman–Crippen MR) is 34.5 cm³/mol. The first kappa shape index (κ1) is 17.4. The Bertz CT molecular complexity index is 173. The standard InChI is InChI=1S/C7H9.5W/c1-4-5-6-7(2)3;;;;;/h7H,5H2,2-3H3;;;;;/q-1;;;;;. The zero-order chi connectivity index (χ0) is 10.1. The first-order valence-electron chi connectivity index (χ1n) is 3.18. The molecule has 0 unspecified atom stereocenters. The Hall–Kier alpha value is 3.05. The molecule has 12 heavy (non-hydrogen) atoms. The quantitative estimate of drug-likeness (QED) is 0.365. The van der Waals surface area contributed by atoms with Gasteiger partial charge in [0.2, 0.25) is 0 Å². The Morgan fingerprint density at radius 3 is 1.92 bits per heavy atom. The fourth-order valence-electron chi connectivity index (χ4n) is 0.398. The SMILES string of the molecule is CC(C)[C](=[W])C[C](=[W])[C-]=[W].[W]=[W]. The van der Waals surface area contributed by atoms with Gasteiger partial charge < -0.3 is 0 Å². The van der Waals surface area contributed by atoms with E-state index in [1.807, 2.05) is 0 Å². The van der Waals surface area contributed by atoms with E-state index in [0.717, 1.165) is 5.92 Å². The summed E-state index contributed by atoms with van der Waals surface area (Å²) in [4.78, 5) is 0. The molecule has 0 bridgehead atoms. The van der Waals surface area contributed by atoms with Gasteiger partial charge in [0.15, 0.2) is 0 Å². The molecule has 0 aliphatic rings. The van der Waals surface area contributed by atoms with E-state index >= 15 is 0 Å². The van der Waals surface area contributed by atoms with Crippen LogP contribution in [0, 0.1) is 5.92 Å². The summed E-state index contributed by atoms with van der Waals surface area (Å²) in [5.41, 5.74) is 0. The zero-order valence-corrected chi connectivity index (χ0v) is 21.5.